The van der Waals surface area contributed by atoms with Gasteiger partial charge >= 0.3 is 5.97 Å². The fraction of sp³-hybridized carbons (Fsp3) is 0.143. The van der Waals surface area contributed by atoms with Gasteiger partial charge in [0.15, 0.2) is 0 Å². The Morgan fingerprint density at radius 2 is 2.15 bits per heavy atom. The number of nitrogens with two attached hydrogens (primary N) is 1. The van der Waals surface area contributed by atoms with E-state index in [1.54, 1.807) is 30.3 Å². The van der Waals surface area contributed by atoms with E-state index in [0.717, 1.165) is 0 Å². The Kier molecular flexibility index (Phi) is 4.42. The number of benzene rings is 1. The molecule has 104 valence electrons. The van der Waals surface area contributed by atoms with E-state index in [-0.39, 0.29) is 6.61 Å². The molecule has 0 saturated carbocycles. The van der Waals surface area contributed by atoms with Crippen molar-refractivity contribution in [1.82, 2.24) is 4.98 Å². The molecule has 6 heteroatoms. The van der Waals surface area contributed by atoms with Crippen LogP contribution < -0.4 is 10.5 Å². The molecule has 0 fully saturated rings. The second-order valence-electron chi connectivity index (χ2n) is 4.00. The Hall–Kier alpha value is -2.27. The van der Waals surface area contributed by atoms with Crippen molar-refractivity contribution >= 4 is 23.3 Å². The molecule has 0 aliphatic carbocycles. The first-order valence-electron chi connectivity index (χ1n) is 5.81. The van der Waals surface area contributed by atoms with E-state index in [9.17, 15) is 4.79 Å². The largest absolute Gasteiger partial charge is 0.485 e. The second kappa shape index (κ2) is 6.25. The zero-order chi connectivity index (χ0) is 14.5. The summed E-state index contributed by atoms with van der Waals surface area (Å²) in [6, 6.07) is 8.33. The van der Waals surface area contributed by atoms with Crippen LogP contribution in [0.4, 0.5) is 5.69 Å². The van der Waals surface area contributed by atoms with Crippen LogP contribution in [0, 0.1) is 0 Å². The van der Waals surface area contributed by atoms with Crippen molar-refractivity contribution in [3.8, 4) is 5.75 Å². The highest BCUT2D eigenvalue weighted by molar-refractivity contribution is 6.30. The highest BCUT2D eigenvalue weighted by Crippen LogP contribution is 2.25. The van der Waals surface area contributed by atoms with Gasteiger partial charge < -0.3 is 15.2 Å². The molecule has 0 unspecified atom stereocenters. The van der Waals surface area contributed by atoms with E-state index >= 15 is 0 Å². The molecular weight excluding hydrogens is 280 g/mol. The maximum Gasteiger partial charge on any atom is 0.339 e. The molecule has 5 nitrogen and oxygen atoms in total. The van der Waals surface area contributed by atoms with Gasteiger partial charge in [0.05, 0.1) is 24.1 Å². The molecule has 0 aliphatic rings. The minimum atomic E-state index is -0.424. The first kappa shape index (κ1) is 14.1. The summed E-state index contributed by atoms with van der Waals surface area (Å²) in [4.78, 5) is 15.4. The number of carbonyl (C=O) groups excluding carboxylic acids is 1. The molecule has 20 heavy (non-hydrogen) atoms. The zero-order valence-corrected chi connectivity index (χ0v) is 11.6. The van der Waals surface area contributed by atoms with Crippen molar-refractivity contribution < 1.29 is 14.3 Å². The van der Waals surface area contributed by atoms with Gasteiger partial charge in [-0.15, -0.1) is 0 Å². The second-order valence-corrected chi connectivity index (χ2v) is 4.44. The molecule has 0 radical (unpaired) electrons. The van der Waals surface area contributed by atoms with E-state index in [4.69, 9.17) is 22.1 Å². The third kappa shape index (κ3) is 3.39. The van der Waals surface area contributed by atoms with Crippen LogP contribution in [-0.2, 0) is 11.3 Å². The summed E-state index contributed by atoms with van der Waals surface area (Å²) < 4.78 is 10.1. The first-order valence-corrected chi connectivity index (χ1v) is 6.19. The van der Waals surface area contributed by atoms with Crippen LogP contribution in [0.25, 0.3) is 0 Å². The van der Waals surface area contributed by atoms with Crippen molar-refractivity contribution in [3.63, 3.8) is 0 Å². The van der Waals surface area contributed by atoms with Gasteiger partial charge in [0.25, 0.3) is 0 Å². The number of esters is 1. The maximum absolute atomic E-state index is 11.3. The lowest BCUT2D eigenvalue weighted by Gasteiger charge is -2.08. The summed E-state index contributed by atoms with van der Waals surface area (Å²) in [5.41, 5.74) is 7.30. The van der Waals surface area contributed by atoms with Crippen LogP contribution in [0.1, 0.15) is 16.1 Å². The summed E-state index contributed by atoms with van der Waals surface area (Å²) in [6.07, 6.45) is 1.44. The molecule has 0 bridgehead atoms. The normalized spacial score (nSPS) is 10.1. The van der Waals surface area contributed by atoms with Crippen LogP contribution in [0.5, 0.6) is 5.75 Å². The molecule has 0 amide bonds. The molecule has 0 spiro atoms. The highest BCUT2D eigenvalue weighted by atomic mass is 35.5. The van der Waals surface area contributed by atoms with E-state index in [0.29, 0.717) is 27.7 Å². The van der Waals surface area contributed by atoms with Crippen molar-refractivity contribution in [2.75, 3.05) is 12.8 Å². The molecule has 0 aliphatic heterocycles. The lowest BCUT2D eigenvalue weighted by molar-refractivity contribution is 0.0600. The summed E-state index contributed by atoms with van der Waals surface area (Å²) in [7, 11) is 1.32. The van der Waals surface area contributed by atoms with Gasteiger partial charge in [-0.1, -0.05) is 11.6 Å². The van der Waals surface area contributed by atoms with E-state index in [1.165, 1.54) is 13.3 Å². The van der Waals surface area contributed by atoms with Gasteiger partial charge in [-0.3, -0.25) is 4.98 Å². The van der Waals surface area contributed by atoms with Crippen molar-refractivity contribution in [2.24, 2.45) is 0 Å². The van der Waals surface area contributed by atoms with Crippen LogP contribution in [0.2, 0.25) is 5.02 Å². The SMILES string of the molecule is COC(=O)c1ccc(COc2ccc(Cl)cc2N)nc1. The first-order chi connectivity index (χ1) is 9.60. The molecule has 1 aromatic heterocycles. The quantitative estimate of drug-likeness (QED) is 0.693. The summed E-state index contributed by atoms with van der Waals surface area (Å²) in [5.74, 6) is 0.111. The average Bonchev–Trinajstić information content (AvgIpc) is 2.46. The highest BCUT2D eigenvalue weighted by Gasteiger charge is 2.06. The summed E-state index contributed by atoms with van der Waals surface area (Å²) in [5, 5.41) is 0.551. The number of methoxy groups -OCH3 is 1. The zero-order valence-electron chi connectivity index (χ0n) is 10.8. The fourth-order valence-electron chi connectivity index (χ4n) is 1.55. The van der Waals surface area contributed by atoms with E-state index in [2.05, 4.69) is 9.72 Å². The van der Waals surface area contributed by atoms with Crippen LogP contribution in [0.15, 0.2) is 36.5 Å². The third-order valence-electron chi connectivity index (χ3n) is 2.59. The number of aromatic nitrogens is 1. The number of anilines is 1. The molecule has 0 saturated heterocycles. The number of rotatable bonds is 4. The Morgan fingerprint density at radius 1 is 1.35 bits per heavy atom. The molecule has 1 aromatic carbocycles. The van der Waals surface area contributed by atoms with Crippen LogP contribution in [0.3, 0.4) is 0 Å². The molecule has 1 heterocycles. The summed E-state index contributed by atoms with van der Waals surface area (Å²) >= 11 is 5.80. The molecule has 0 atom stereocenters. The minimum absolute atomic E-state index is 0.243. The maximum atomic E-state index is 11.3. The van der Waals surface area contributed by atoms with Crippen molar-refractivity contribution in [2.45, 2.75) is 6.61 Å². The number of nitrogen functional groups attached to an aromatic ring is 1. The monoisotopic (exact) mass is 292 g/mol. The molecule has 2 N–H and O–H groups in total. The van der Waals surface area contributed by atoms with E-state index in [1.807, 2.05) is 0 Å². The van der Waals surface area contributed by atoms with Gasteiger partial charge in [-0.25, -0.2) is 4.79 Å². The smallest absolute Gasteiger partial charge is 0.339 e. The molecule has 2 rings (SSSR count). The van der Waals surface area contributed by atoms with Gasteiger partial charge in [0.1, 0.15) is 12.4 Å². The lowest BCUT2D eigenvalue weighted by Crippen LogP contribution is -2.04. The number of halogens is 1. The third-order valence-corrected chi connectivity index (χ3v) is 2.83. The Labute approximate surface area is 121 Å². The van der Waals surface area contributed by atoms with Gasteiger partial charge in [-0.2, -0.15) is 0 Å². The Balaban J connectivity index is 2.02. The van der Waals surface area contributed by atoms with Gasteiger partial charge in [-0.05, 0) is 30.3 Å². The molecule has 2 aromatic rings. The van der Waals surface area contributed by atoms with Gasteiger partial charge in [0.2, 0.25) is 0 Å². The Bertz CT molecular complexity index is 614. The van der Waals surface area contributed by atoms with Crippen LogP contribution in [-0.4, -0.2) is 18.1 Å². The predicted octanol–water partition coefficient (Wildman–Crippen LogP) is 2.68. The van der Waals surface area contributed by atoms with Crippen molar-refractivity contribution in [3.05, 3.63) is 52.8 Å². The lowest BCUT2D eigenvalue weighted by atomic mass is 10.2. The van der Waals surface area contributed by atoms with Crippen LogP contribution >= 0.6 is 11.6 Å². The topological polar surface area (TPSA) is 74.4 Å². The van der Waals surface area contributed by atoms with Gasteiger partial charge in [0, 0.05) is 11.2 Å². The van der Waals surface area contributed by atoms with E-state index < -0.39 is 5.97 Å². The number of nitrogens with zero attached hydrogens (tertiary/aromatic N) is 1. The number of hydrogen-bond donors (Lipinski definition) is 1. The van der Waals surface area contributed by atoms with Crippen molar-refractivity contribution in [1.29, 1.82) is 0 Å². The average molecular weight is 293 g/mol. The fourth-order valence-corrected chi connectivity index (χ4v) is 1.73. The standard InChI is InChI=1S/C14H13ClN2O3/c1-19-14(18)9-2-4-11(17-7-9)8-20-13-5-3-10(15)6-12(13)16/h2-7H,8,16H2,1H3. The number of carbonyl (C=O) groups is 1. The Morgan fingerprint density at radius 3 is 2.75 bits per heavy atom. The minimum Gasteiger partial charge on any atom is -0.485 e. The molecular formula is C14H13ClN2O3. The summed E-state index contributed by atoms with van der Waals surface area (Å²) in [6.45, 7) is 0.243. The predicted molar refractivity (Wildman–Crippen MR) is 75.8 cm³/mol. The number of pyridine rings is 1. The number of ether oxygens (including phenoxy) is 2. The number of hydrogen-bond acceptors (Lipinski definition) is 5.